The lowest BCUT2D eigenvalue weighted by atomic mass is 9.77. The number of nitriles is 1. The number of allylic oxidation sites excluding steroid dienone is 1. The van der Waals surface area contributed by atoms with Crippen LogP contribution < -0.4 is 4.90 Å². The zero-order valence-corrected chi connectivity index (χ0v) is 34.6. The van der Waals surface area contributed by atoms with Crippen LogP contribution in [0.3, 0.4) is 0 Å². The number of unbranched alkanes of at least 4 members (excludes halogenated alkanes) is 1. The van der Waals surface area contributed by atoms with Crippen LogP contribution >= 0.6 is 0 Å². The summed E-state index contributed by atoms with van der Waals surface area (Å²) in [6.07, 6.45) is 12.6. The van der Waals surface area contributed by atoms with E-state index in [1.54, 1.807) is 4.90 Å². The summed E-state index contributed by atoms with van der Waals surface area (Å²) in [7, 11) is 4.15. The van der Waals surface area contributed by atoms with Gasteiger partial charge in [0.25, 0.3) is 5.91 Å². The van der Waals surface area contributed by atoms with Gasteiger partial charge in [-0.25, -0.2) is 4.99 Å². The predicted octanol–water partition coefficient (Wildman–Crippen LogP) is 12.3. The first-order valence-corrected chi connectivity index (χ1v) is 19.9. The second-order valence-corrected chi connectivity index (χ2v) is 17.9. The van der Waals surface area contributed by atoms with E-state index in [0.717, 1.165) is 61.7 Å². The van der Waals surface area contributed by atoms with E-state index in [-0.39, 0.29) is 5.91 Å². The minimum Gasteiger partial charge on any atom is -0.378 e. The monoisotopic (exact) mass is 687 g/mol. The van der Waals surface area contributed by atoms with E-state index in [9.17, 15) is 10.1 Å². The molecule has 1 aromatic rings. The Morgan fingerprint density at radius 3 is 2.14 bits per heavy atom. The van der Waals surface area contributed by atoms with Crippen LogP contribution in [0, 0.1) is 52.3 Å². The molecule has 0 aromatic heterocycles. The van der Waals surface area contributed by atoms with Gasteiger partial charge in [0.05, 0.1) is 17.0 Å². The lowest BCUT2D eigenvalue weighted by Crippen LogP contribution is -2.43. The average Bonchev–Trinajstić information content (AvgIpc) is 3.00. The van der Waals surface area contributed by atoms with E-state index < -0.39 is 0 Å². The normalized spacial score (nSPS) is 18.0. The zero-order chi connectivity index (χ0) is 37.8. The molecule has 5 atom stereocenters. The largest absolute Gasteiger partial charge is 0.378 e. The topological polar surface area (TPSA) is 59.7 Å². The molecule has 0 N–H and O–H groups in total. The van der Waals surface area contributed by atoms with Crippen LogP contribution in [-0.4, -0.2) is 37.2 Å². The standard InChI is InChI=1S/C45H74N4O/c1-15-17-18-37(16-2)30-49-36(9)41(29-46)35(8)43(44(49)50)47-42-22-21-40(48(13)14)27-39(42)20-19-38(26-34(7)28-45(10,11)12)25-33(6)24-32(5)23-31(3)4/h21-22,27,31-34,37-38H,9,15-20,23-26,28,30H2,1-8,10-14H3. The van der Waals surface area contributed by atoms with Crippen LogP contribution in [0.5, 0.6) is 0 Å². The van der Waals surface area contributed by atoms with Gasteiger partial charge in [-0.1, -0.05) is 95.1 Å². The SMILES string of the molecule is C=C1C(C#N)=C(C)C(=Nc2ccc(N(C)C)cc2CCC(CC(C)CC(C)CC(C)C)CC(C)CC(C)(C)C)C(=O)N1CC(CC)CCCC. The molecule has 0 bridgehead atoms. The summed E-state index contributed by atoms with van der Waals surface area (Å²) in [6.45, 7) is 30.1. The van der Waals surface area contributed by atoms with Gasteiger partial charge >= 0.3 is 0 Å². The van der Waals surface area contributed by atoms with Crippen LogP contribution in [0.15, 0.2) is 46.6 Å². The summed E-state index contributed by atoms with van der Waals surface area (Å²) in [5.41, 5.74) is 5.43. The minimum atomic E-state index is -0.137. The quantitative estimate of drug-likeness (QED) is 0.137. The second-order valence-electron chi connectivity index (χ2n) is 17.9. The highest BCUT2D eigenvalue weighted by atomic mass is 16.2. The fourth-order valence-electron chi connectivity index (χ4n) is 8.45. The number of amides is 1. The molecule has 0 saturated heterocycles. The summed E-state index contributed by atoms with van der Waals surface area (Å²) in [5, 5.41) is 10.2. The molecule has 1 aliphatic rings. The van der Waals surface area contributed by atoms with E-state index in [1.807, 2.05) is 6.92 Å². The summed E-state index contributed by atoms with van der Waals surface area (Å²) in [6, 6.07) is 8.78. The third kappa shape index (κ3) is 13.7. The van der Waals surface area contributed by atoms with E-state index in [4.69, 9.17) is 4.99 Å². The Labute approximate surface area is 308 Å². The van der Waals surface area contributed by atoms with Crippen molar-refractivity contribution in [3.05, 3.63) is 47.2 Å². The molecule has 1 aliphatic heterocycles. The fraction of sp³-hybridized carbons (Fsp3) is 0.711. The van der Waals surface area contributed by atoms with Gasteiger partial charge in [0.15, 0.2) is 0 Å². The molecule has 50 heavy (non-hydrogen) atoms. The summed E-state index contributed by atoms with van der Waals surface area (Å²) < 4.78 is 0. The Hall–Kier alpha value is -2.87. The van der Waals surface area contributed by atoms with Crippen LogP contribution in [0.25, 0.3) is 0 Å². The molecule has 0 spiro atoms. The van der Waals surface area contributed by atoms with Crippen LogP contribution in [-0.2, 0) is 11.2 Å². The fourth-order valence-corrected chi connectivity index (χ4v) is 8.45. The van der Waals surface area contributed by atoms with E-state index >= 15 is 0 Å². The summed E-state index contributed by atoms with van der Waals surface area (Å²) in [4.78, 5) is 23.2. The van der Waals surface area contributed by atoms with Crippen molar-refractivity contribution in [3.63, 3.8) is 0 Å². The molecular weight excluding hydrogens is 613 g/mol. The molecule has 5 unspecified atom stereocenters. The first kappa shape index (κ1) is 43.3. The van der Waals surface area contributed by atoms with Crippen molar-refractivity contribution < 1.29 is 4.79 Å². The van der Waals surface area contributed by atoms with Crippen LogP contribution in [0.1, 0.15) is 146 Å². The molecule has 2 rings (SSSR count). The number of aryl methyl sites for hydroxylation is 1. The highest BCUT2D eigenvalue weighted by Gasteiger charge is 2.34. The zero-order valence-electron chi connectivity index (χ0n) is 34.6. The number of rotatable bonds is 20. The van der Waals surface area contributed by atoms with Gasteiger partial charge in [-0.05, 0) is 123 Å². The van der Waals surface area contributed by atoms with Gasteiger partial charge in [0, 0.05) is 31.9 Å². The number of benzene rings is 1. The lowest BCUT2D eigenvalue weighted by molar-refractivity contribution is -0.122. The van der Waals surface area contributed by atoms with Crippen molar-refractivity contribution in [3.8, 4) is 6.07 Å². The van der Waals surface area contributed by atoms with Gasteiger partial charge in [0.1, 0.15) is 11.8 Å². The van der Waals surface area contributed by atoms with E-state index in [1.165, 1.54) is 37.7 Å². The smallest absolute Gasteiger partial charge is 0.277 e. The highest BCUT2D eigenvalue weighted by Crippen LogP contribution is 2.36. The van der Waals surface area contributed by atoms with E-state index in [0.29, 0.717) is 58.2 Å². The third-order valence-corrected chi connectivity index (χ3v) is 10.6. The number of carbonyl (C=O) groups is 1. The number of nitrogens with zero attached hydrogens (tertiary/aromatic N) is 4. The molecule has 0 fully saturated rings. The molecule has 5 heteroatoms. The molecule has 0 radical (unpaired) electrons. The van der Waals surface area contributed by atoms with Crippen molar-refractivity contribution in [1.29, 1.82) is 5.26 Å². The molecule has 5 nitrogen and oxygen atoms in total. The molecule has 0 saturated carbocycles. The van der Waals surface area contributed by atoms with Crippen LogP contribution in [0.4, 0.5) is 11.4 Å². The number of aliphatic imine (C=N–C) groups is 1. The van der Waals surface area contributed by atoms with Gasteiger partial charge in [-0.2, -0.15) is 5.26 Å². The summed E-state index contributed by atoms with van der Waals surface area (Å²) in [5.74, 6) is 3.67. The van der Waals surface area contributed by atoms with Crippen molar-refractivity contribution in [2.45, 2.75) is 147 Å². The van der Waals surface area contributed by atoms with Crippen molar-refractivity contribution in [2.75, 3.05) is 25.5 Å². The minimum absolute atomic E-state index is 0.137. The van der Waals surface area contributed by atoms with Crippen molar-refractivity contribution in [1.82, 2.24) is 4.90 Å². The molecular formula is C45H74N4O. The maximum Gasteiger partial charge on any atom is 0.277 e. The first-order chi connectivity index (χ1) is 23.4. The number of carbonyl (C=O) groups excluding carboxylic acids is 1. The van der Waals surface area contributed by atoms with E-state index in [2.05, 4.69) is 119 Å². The maximum atomic E-state index is 14.2. The Morgan fingerprint density at radius 1 is 0.940 bits per heavy atom. The molecule has 1 heterocycles. The number of hydrogen-bond acceptors (Lipinski definition) is 4. The van der Waals surface area contributed by atoms with Gasteiger partial charge < -0.3 is 9.80 Å². The third-order valence-electron chi connectivity index (χ3n) is 10.6. The molecule has 1 aromatic carbocycles. The maximum absolute atomic E-state index is 14.2. The molecule has 1 amide bonds. The van der Waals surface area contributed by atoms with Crippen LogP contribution in [0.2, 0.25) is 0 Å². The van der Waals surface area contributed by atoms with Gasteiger partial charge in [-0.3, -0.25) is 4.79 Å². The van der Waals surface area contributed by atoms with Crippen molar-refractivity contribution in [2.24, 2.45) is 45.9 Å². The molecule has 0 aliphatic carbocycles. The Bertz CT molecular complexity index is 1350. The Kier molecular flexibility index (Phi) is 17.5. The highest BCUT2D eigenvalue weighted by molar-refractivity contribution is 6.47. The lowest BCUT2D eigenvalue weighted by Gasteiger charge is -2.33. The average molecular weight is 687 g/mol. The number of anilines is 1. The Balaban J connectivity index is 2.51. The van der Waals surface area contributed by atoms with Gasteiger partial charge in [0.2, 0.25) is 0 Å². The summed E-state index contributed by atoms with van der Waals surface area (Å²) >= 11 is 0. The molecule has 280 valence electrons. The first-order valence-electron chi connectivity index (χ1n) is 19.9. The number of hydrogen-bond donors (Lipinski definition) is 0. The predicted molar refractivity (Wildman–Crippen MR) is 217 cm³/mol. The second kappa shape index (κ2) is 20.2. The Morgan fingerprint density at radius 2 is 1.58 bits per heavy atom. The van der Waals surface area contributed by atoms with Gasteiger partial charge in [-0.15, -0.1) is 0 Å². The van der Waals surface area contributed by atoms with Crippen molar-refractivity contribution >= 4 is 23.0 Å².